The highest BCUT2D eigenvalue weighted by molar-refractivity contribution is 5.97. The Bertz CT molecular complexity index is 461. The van der Waals surface area contributed by atoms with Crippen LogP contribution in [0.2, 0.25) is 0 Å². The fourth-order valence-electron chi connectivity index (χ4n) is 2.32. The Morgan fingerprint density at radius 2 is 2.00 bits per heavy atom. The maximum Gasteiger partial charge on any atom is 0.329 e. The Morgan fingerprint density at radius 3 is 2.61 bits per heavy atom. The van der Waals surface area contributed by atoms with Crippen LogP contribution in [0.3, 0.4) is 0 Å². The van der Waals surface area contributed by atoms with Gasteiger partial charge in [0.15, 0.2) is 0 Å². The number of carboxylic acids is 1. The molecule has 18 heavy (non-hydrogen) atoms. The molecule has 1 fully saturated rings. The summed E-state index contributed by atoms with van der Waals surface area (Å²) in [5.74, 6) is -1.17. The molecule has 0 spiro atoms. The number of carbonyl (C=O) groups is 2. The zero-order valence-corrected chi connectivity index (χ0v) is 10.3. The second kappa shape index (κ2) is 4.76. The topological polar surface area (TPSA) is 70.5 Å². The van der Waals surface area contributed by atoms with Crippen LogP contribution in [0.4, 0.5) is 0 Å². The number of carbonyl (C=O) groups excluding carboxylic acids is 1. The Balaban J connectivity index is 2.30. The fraction of sp³-hybridized carbons (Fsp3) is 0.462. The fourth-order valence-corrected chi connectivity index (χ4v) is 2.32. The van der Waals surface area contributed by atoms with Gasteiger partial charge in [0.1, 0.15) is 5.54 Å². The molecule has 1 saturated heterocycles. The van der Waals surface area contributed by atoms with E-state index in [9.17, 15) is 14.7 Å². The average molecular weight is 248 g/mol. The quantitative estimate of drug-likeness (QED) is 0.862. The summed E-state index contributed by atoms with van der Waals surface area (Å²) in [4.78, 5) is 29.1. The molecule has 1 amide bonds. The number of hydrogen-bond donors (Lipinski definition) is 1. The largest absolute Gasteiger partial charge is 0.480 e. The number of hydrogen-bond acceptors (Lipinski definition) is 3. The first-order valence-corrected chi connectivity index (χ1v) is 6.01. The van der Waals surface area contributed by atoms with Crippen molar-refractivity contribution in [3.63, 3.8) is 0 Å². The maximum atomic E-state index is 12.4. The summed E-state index contributed by atoms with van der Waals surface area (Å²) < 4.78 is 0. The summed E-state index contributed by atoms with van der Waals surface area (Å²) >= 11 is 0. The van der Waals surface area contributed by atoms with E-state index < -0.39 is 11.5 Å². The van der Waals surface area contributed by atoms with Gasteiger partial charge in [-0.15, -0.1) is 0 Å². The van der Waals surface area contributed by atoms with Gasteiger partial charge in [-0.2, -0.15) is 0 Å². The number of rotatable bonds is 2. The molecule has 2 heterocycles. The minimum Gasteiger partial charge on any atom is -0.480 e. The highest BCUT2D eigenvalue weighted by Gasteiger charge is 2.44. The van der Waals surface area contributed by atoms with Crippen molar-refractivity contribution in [3.8, 4) is 0 Å². The third-order valence-electron chi connectivity index (χ3n) is 3.52. The first-order valence-electron chi connectivity index (χ1n) is 6.01. The van der Waals surface area contributed by atoms with Crippen molar-refractivity contribution in [2.75, 3.05) is 6.54 Å². The van der Waals surface area contributed by atoms with Crippen LogP contribution in [0.25, 0.3) is 0 Å². The molecule has 1 N–H and O–H groups in total. The molecule has 0 saturated carbocycles. The van der Waals surface area contributed by atoms with Gasteiger partial charge in [-0.1, -0.05) is 0 Å². The van der Waals surface area contributed by atoms with E-state index in [1.165, 1.54) is 17.3 Å². The zero-order chi connectivity index (χ0) is 13.2. The molecule has 96 valence electrons. The van der Waals surface area contributed by atoms with Crippen molar-refractivity contribution in [2.45, 2.75) is 31.7 Å². The van der Waals surface area contributed by atoms with Crippen LogP contribution in [0.15, 0.2) is 24.5 Å². The lowest BCUT2D eigenvalue weighted by Gasteiger charge is -2.41. The van der Waals surface area contributed by atoms with Crippen LogP contribution in [0.1, 0.15) is 36.5 Å². The highest BCUT2D eigenvalue weighted by Crippen LogP contribution is 2.29. The van der Waals surface area contributed by atoms with Crippen LogP contribution in [0.5, 0.6) is 0 Å². The summed E-state index contributed by atoms with van der Waals surface area (Å²) in [6.07, 6.45) is 5.26. The van der Waals surface area contributed by atoms with E-state index in [-0.39, 0.29) is 5.91 Å². The van der Waals surface area contributed by atoms with Gasteiger partial charge in [-0.05, 0) is 38.3 Å². The smallest absolute Gasteiger partial charge is 0.329 e. The number of aromatic nitrogens is 1. The molecule has 1 atom stereocenters. The number of likely N-dealkylation sites (tertiary alicyclic amines) is 1. The molecule has 1 aliphatic rings. The van der Waals surface area contributed by atoms with E-state index >= 15 is 0 Å². The predicted molar refractivity (Wildman–Crippen MR) is 65.2 cm³/mol. The van der Waals surface area contributed by atoms with Crippen molar-refractivity contribution in [2.24, 2.45) is 0 Å². The summed E-state index contributed by atoms with van der Waals surface area (Å²) in [5.41, 5.74) is -0.613. The second-order valence-electron chi connectivity index (χ2n) is 4.73. The SMILES string of the molecule is CC1(C(=O)O)CCCCN1C(=O)c1ccncc1. The molecule has 1 aromatic heterocycles. The molecule has 0 aromatic carbocycles. The lowest BCUT2D eigenvalue weighted by molar-refractivity contribution is -0.150. The van der Waals surface area contributed by atoms with E-state index in [0.717, 1.165) is 12.8 Å². The number of piperidine rings is 1. The Hall–Kier alpha value is -1.91. The molecule has 1 unspecified atom stereocenters. The van der Waals surface area contributed by atoms with Crippen molar-refractivity contribution >= 4 is 11.9 Å². The van der Waals surface area contributed by atoms with Crippen LogP contribution >= 0.6 is 0 Å². The van der Waals surface area contributed by atoms with Gasteiger partial charge < -0.3 is 10.0 Å². The number of amides is 1. The molecule has 5 nitrogen and oxygen atoms in total. The minimum absolute atomic E-state index is 0.234. The number of pyridine rings is 1. The van der Waals surface area contributed by atoms with E-state index in [1.54, 1.807) is 19.1 Å². The molecule has 0 aliphatic carbocycles. The number of aliphatic carboxylic acids is 1. The molecule has 0 radical (unpaired) electrons. The predicted octanol–water partition coefficient (Wildman–Crippen LogP) is 1.55. The van der Waals surface area contributed by atoms with E-state index in [2.05, 4.69) is 4.98 Å². The second-order valence-corrected chi connectivity index (χ2v) is 4.73. The van der Waals surface area contributed by atoms with E-state index in [4.69, 9.17) is 0 Å². The molecule has 5 heteroatoms. The maximum absolute atomic E-state index is 12.4. The first kappa shape index (κ1) is 12.5. The molecule has 0 bridgehead atoms. The van der Waals surface area contributed by atoms with Gasteiger partial charge >= 0.3 is 5.97 Å². The van der Waals surface area contributed by atoms with Crippen molar-refractivity contribution in [1.29, 1.82) is 0 Å². The Kier molecular flexibility index (Phi) is 3.32. The molecule has 2 rings (SSSR count). The van der Waals surface area contributed by atoms with Crippen molar-refractivity contribution in [3.05, 3.63) is 30.1 Å². The van der Waals surface area contributed by atoms with Crippen molar-refractivity contribution in [1.82, 2.24) is 9.88 Å². The number of nitrogens with zero attached hydrogens (tertiary/aromatic N) is 2. The molecular weight excluding hydrogens is 232 g/mol. The third-order valence-corrected chi connectivity index (χ3v) is 3.52. The number of carboxylic acid groups (broad SMARTS) is 1. The van der Waals surface area contributed by atoms with Crippen LogP contribution in [-0.2, 0) is 4.79 Å². The standard InChI is InChI=1S/C13H16N2O3/c1-13(12(17)18)6-2-3-9-15(13)11(16)10-4-7-14-8-5-10/h4-5,7-8H,2-3,6,9H2,1H3,(H,17,18). The summed E-state index contributed by atoms with van der Waals surface area (Å²) in [7, 11) is 0. The van der Waals surface area contributed by atoms with Crippen molar-refractivity contribution < 1.29 is 14.7 Å². The normalized spacial score (nSPS) is 23.7. The highest BCUT2D eigenvalue weighted by atomic mass is 16.4. The van der Waals surface area contributed by atoms with Crippen LogP contribution < -0.4 is 0 Å². The van der Waals surface area contributed by atoms with E-state index in [1.807, 2.05) is 0 Å². The van der Waals surface area contributed by atoms with Gasteiger partial charge in [-0.3, -0.25) is 9.78 Å². The van der Waals surface area contributed by atoms with Crippen LogP contribution in [0, 0.1) is 0 Å². The Morgan fingerprint density at radius 1 is 1.33 bits per heavy atom. The third kappa shape index (κ3) is 2.08. The minimum atomic E-state index is -1.10. The summed E-state index contributed by atoms with van der Waals surface area (Å²) in [6, 6.07) is 3.22. The molecule has 1 aliphatic heterocycles. The lowest BCUT2D eigenvalue weighted by atomic mass is 9.88. The average Bonchev–Trinajstić information content (AvgIpc) is 2.39. The summed E-state index contributed by atoms with van der Waals surface area (Å²) in [6.45, 7) is 2.11. The van der Waals surface area contributed by atoms with E-state index in [0.29, 0.717) is 18.5 Å². The van der Waals surface area contributed by atoms with Crippen LogP contribution in [-0.4, -0.2) is 39.0 Å². The monoisotopic (exact) mass is 248 g/mol. The van der Waals surface area contributed by atoms with Gasteiger partial charge in [0.25, 0.3) is 5.91 Å². The van der Waals surface area contributed by atoms with Gasteiger partial charge in [0.2, 0.25) is 0 Å². The van der Waals surface area contributed by atoms with Gasteiger partial charge in [-0.25, -0.2) is 4.79 Å². The molecular formula is C13H16N2O3. The molecule has 1 aromatic rings. The van der Waals surface area contributed by atoms with Gasteiger partial charge in [0, 0.05) is 24.5 Å². The Labute approximate surface area is 105 Å². The zero-order valence-electron chi connectivity index (χ0n) is 10.3. The summed E-state index contributed by atoms with van der Waals surface area (Å²) in [5, 5.41) is 9.36. The van der Waals surface area contributed by atoms with Gasteiger partial charge in [0.05, 0.1) is 0 Å². The first-order chi connectivity index (χ1) is 8.55. The lowest BCUT2D eigenvalue weighted by Crippen LogP contribution is -2.57.